The molecule has 0 spiro atoms. The molecule has 4 aliphatic rings. The fourth-order valence-electron chi connectivity index (χ4n) is 8.32. The number of halogens is 1. The van der Waals surface area contributed by atoms with Crippen LogP contribution in [0.15, 0.2) is 48.2 Å². The number of rotatable bonds is 10. The number of ether oxygens (including phenoxy) is 3. The molecule has 1 unspecified atom stereocenters. The number of hydrogen-bond donors (Lipinski definition) is 2. The number of piperazine rings is 1. The van der Waals surface area contributed by atoms with E-state index in [1.807, 2.05) is 12.1 Å². The van der Waals surface area contributed by atoms with Crippen LogP contribution in [0.2, 0.25) is 0 Å². The topological polar surface area (TPSA) is 105 Å². The Morgan fingerprint density at radius 2 is 2.04 bits per heavy atom. The molecule has 2 aromatic carbocycles. The van der Waals surface area contributed by atoms with Crippen LogP contribution in [-0.4, -0.2) is 102 Å². The Balaban J connectivity index is 1.17. The molecule has 49 heavy (non-hydrogen) atoms. The molecule has 0 aliphatic carbocycles. The number of methoxy groups -OCH3 is 1. The molecule has 0 amide bonds. The highest BCUT2D eigenvalue weighted by molar-refractivity contribution is 6.02. The summed E-state index contributed by atoms with van der Waals surface area (Å²) >= 11 is 0. The van der Waals surface area contributed by atoms with Crippen LogP contribution in [0.25, 0.3) is 32.9 Å². The van der Waals surface area contributed by atoms with Crippen LogP contribution in [0.3, 0.4) is 0 Å². The van der Waals surface area contributed by atoms with Crippen molar-refractivity contribution < 1.29 is 23.7 Å². The second-order valence-electron chi connectivity index (χ2n) is 13.7. The summed E-state index contributed by atoms with van der Waals surface area (Å²) in [6, 6.07) is 9.43. The van der Waals surface area contributed by atoms with E-state index >= 15 is 4.39 Å². The van der Waals surface area contributed by atoms with Crippen molar-refractivity contribution in [2.75, 3.05) is 64.6 Å². The number of anilines is 1. The maximum atomic E-state index is 16.9. The monoisotopic (exact) mass is 664 g/mol. The smallest absolute Gasteiger partial charge is 0.319 e. The number of benzene rings is 2. The zero-order chi connectivity index (χ0) is 33.5. The van der Waals surface area contributed by atoms with Crippen LogP contribution < -0.4 is 15.0 Å². The van der Waals surface area contributed by atoms with Crippen molar-refractivity contribution >= 4 is 27.5 Å². The molecule has 4 fully saturated rings. The standard InChI is InChI=1S/C38H41FN6O4/c1-3-25-6-4-7-26-16-29(46)17-30(32(25)26)34-33(39)35-31(19-40-34)36(44-21-27-8-9-28(22-44)41-27)43-37(42-35)49-23-38-11-5-12-45(38)20-24(18-38)10-13-48-15-14-47-2/h1,4,6-7,10,16-17,19,27-28,41,46H,5,8-9,11-15,18,20-23H2,2H3/t27-,28+,38?. The maximum Gasteiger partial charge on any atom is 0.319 e. The quantitative estimate of drug-likeness (QED) is 0.139. The molecule has 3 atom stereocenters. The summed E-state index contributed by atoms with van der Waals surface area (Å²) in [6.45, 7) is 5.49. The molecular weight excluding hydrogens is 623 g/mol. The molecule has 2 N–H and O–H groups in total. The molecular formula is C38H41FN6O4. The van der Waals surface area contributed by atoms with Crippen LogP contribution in [0, 0.1) is 18.2 Å². The molecule has 0 saturated carbocycles. The van der Waals surface area contributed by atoms with E-state index in [1.54, 1.807) is 25.4 Å². The molecule has 10 nitrogen and oxygen atoms in total. The predicted octanol–water partition coefficient (Wildman–Crippen LogP) is 4.82. The van der Waals surface area contributed by atoms with Crippen LogP contribution in [0.1, 0.15) is 37.7 Å². The van der Waals surface area contributed by atoms with Gasteiger partial charge in [0.1, 0.15) is 29.4 Å². The van der Waals surface area contributed by atoms with Crippen molar-refractivity contribution in [2.45, 2.75) is 49.7 Å². The molecule has 8 rings (SSSR count). The third-order valence-electron chi connectivity index (χ3n) is 10.6. The van der Waals surface area contributed by atoms with E-state index in [9.17, 15) is 5.11 Å². The van der Waals surface area contributed by atoms with Gasteiger partial charge in [0.2, 0.25) is 0 Å². The first-order valence-electron chi connectivity index (χ1n) is 17.2. The van der Waals surface area contributed by atoms with Crippen molar-refractivity contribution in [3.63, 3.8) is 0 Å². The average Bonchev–Trinajstić information content (AvgIpc) is 3.77. The van der Waals surface area contributed by atoms with Crippen LogP contribution in [0.5, 0.6) is 11.8 Å². The Morgan fingerprint density at radius 3 is 2.86 bits per heavy atom. The van der Waals surface area contributed by atoms with Gasteiger partial charge in [-0.15, -0.1) is 6.42 Å². The van der Waals surface area contributed by atoms with Gasteiger partial charge >= 0.3 is 6.01 Å². The van der Waals surface area contributed by atoms with Crippen molar-refractivity contribution in [1.29, 1.82) is 0 Å². The van der Waals surface area contributed by atoms with Gasteiger partial charge in [-0.1, -0.05) is 29.7 Å². The zero-order valence-corrected chi connectivity index (χ0v) is 27.8. The Bertz CT molecular complexity index is 1970. The van der Waals surface area contributed by atoms with E-state index in [0.717, 1.165) is 58.3 Å². The van der Waals surface area contributed by atoms with Crippen LogP contribution in [-0.2, 0) is 9.47 Å². The Hall–Kier alpha value is -4.34. The lowest BCUT2D eigenvalue weighted by molar-refractivity contribution is 0.0851. The van der Waals surface area contributed by atoms with E-state index in [1.165, 1.54) is 11.6 Å². The number of terminal acetylenes is 1. The largest absolute Gasteiger partial charge is 0.508 e. The first-order chi connectivity index (χ1) is 23.9. The van der Waals surface area contributed by atoms with E-state index in [-0.39, 0.29) is 28.5 Å². The van der Waals surface area contributed by atoms with Crippen molar-refractivity contribution in [3.8, 4) is 35.4 Å². The lowest BCUT2D eigenvalue weighted by Crippen LogP contribution is -2.51. The minimum absolute atomic E-state index is 0.00597. The molecule has 4 aromatic rings. The first kappa shape index (κ1) is 31.9. The number of nitrogens with zero attached hydrogens (tertiary/aromatic N) is 5. The maximum absolute atomic E-state index is 16.9. The van der Waals surface area contributed by atoms with Crippen LogP contribution >= 0.6 is 0 Å². The Kier molecular flexibility index (Phi) is 8.58. The molecule has 254 valence electrons. The SMILES string of the molecule is C#Cc1cccc2cc(O)cc(-c3ncc4c(N5C[C@H]6CC[C@@H](C5)N6)nc(OCC56CCCN5CC(=CCOCCOC)C6)nc4c3F)c12. The van der Waals surface area contributed by atoms with Crippen LogP contribution in [0.4, 0.5) is 10.2 Å². The van der Waals surface area contributed by atoms with Gasteiger partial charge in [-0.25, -0.2) is 4.39 Å². The van der Waals surface area contributed by atoms with Gasteiger partial charge in [0, 0.05) is 61.5 Å². The number of nitrogens with one attached hydrogen (secondary N) is 1. The third kappa shape index (κ3) is 5.97. The number of aromatic nitrogens is 3. The summed E-state index contributed by atoms with van der Waals surface area (Å²) in [6.07, 6.45) is 14.8. The highest BCUT2D eigenvalue weighted by Crippen LogP contribution is 2.42. The molecule has 4 saturated heterocycles. The number of hydrogen-bond acceptors (Lipinski definition) is 10. The highest BCUT2D eigenvalue weighted by atomic mass is 19.1. The molecule has 2 bridgehead atoms. The van der Waals surface area contributed by atoms with E-state index in [4.69, 9.17) is 30.6 Å². The first-order valence-corrected chi connectivity index (χ1v) is 17.2. The second kappa shape index (κ2) is 13.2. The zero-order valence-electron chi connectivity index (χ0n) is 27.8. The normalized spacial score (nSPS) is 24.3. The average molecular weight is 665 g/mol. The summed E-state index contributed by atoms with van der Waals surface area (Å²) in [7, 11) is 1.67. The summed E-state index contributed by atoms with van der Waals surface area (Å²) in [4.78, 5) is 19.0. The Labute approximate surface area is 285 Å². The molecule has 4 aliphatic heterocycles. The fourth-order valence-corrected chi connectivity index (χ4v) is 8.32. The van der Waals surface area contributed by atoms with Gasteiger partial charge in [0.05, 0.1) is 30.7 Å². The minimum Gasteiger partial charge on any atom is -0.508 e. The highest BCUT2D eigenvalue weighted by Gasteiger charge is 2.47. The summed E-state index contributed by atoms with van der Waals surface area (Å²) in [5.74, 6) is 2.72. The van der Waals surface area contributed by atoms with Gasteiger partial charge in [-0.2, -0.15) is 9.97 Å². The second-order valence-corrected chi connectivity index (χ2v) is 13.7. The summed E-state index contributed by atoms with van der Waals surface area (Å²) in [5, 5.41) is 16.2. The fraction of sp³-hybridized carbons (Fsp3) is 0.447. The Morgan fingerprint density at radius 1 is 1.18 bits per heavy atom. The third-order valence-corrected chi connectivity index (χ3v) is 10.6. The number of aromatic hydroxyl groups is 1. The van der Waals surface area contributed by atoms with Gasteiger partial charge < -0.3 is 29.5 Å². The number of phenols is 1. The van der Waals surface area contributed by atoms with E-state index in [0.29, 0.717) is 71.6 Å². The molecule has 6 heterocycles. The van der Waals surface area contributed by atoms with Crippen molar-refractivity contribution in [3.05, 3.63) is 59.6 Å². The van der Waals surface area contributed by atoms with Crippen molar-refractivity contribution in [1.82, 2.24) is 25.2 Å². The van der Waals surface area contributed by atoms with E-state index < -0.39 is 5.82 Å². The number of phenolic OH excluding ortho intramolecular Hbond substituents is 1. The van der Waals surface area contributed by atoms with E-state index in [2.05, 4.69) is 32.1 Å². The predicted molar refractivity (Wildman–Crippen MR) is 186 cm³/mol. The summed E-state index contributed by atoms with van der Waals surface area (Å²) in [5.41, 5.74) is 2.35. The lowest BCUT2D eigenvalue weighted by Gasteiger charge is -2.34. The molecule has 11 heteroatoms. The van der Waals surface area contributed by atoms with Gasteiger partial charge in [-0.05, 0) is 62.2 Å². The van der Waals surface area contributed by atoms with Gasteiger partial charge in [0.15, 0.2) is 5.82 Å². The number of fused-ring (bicyclic) bond motifs is 5. The number of pyridine rings is 1. The molecule has 0 radical (unpaired) electrons. The van der Waals surface area contributed by atoms with Crippen molar-refractivity contribution in [2.24, 2.45) is 0 Å². The van der Waals surface area contributed by atoms with Gasteiger partial charge in [-0.3, -0.25) is 9.88 Å². The lowest BCUT2D eigenvalue weighted by atomic mass is 9.93. The molecule has 2 aromatic heterocycles. The minimum atomic E-state index is -0.608. The summed E-state index contributed by atoms with van der Waals surface area (Å²) < 4.78 is 34.2. The van der Waals surface area contributed by atoms with Gasteiger partial charge in [0.25, 0.3) is 0 Å².